The molecule has 0 aromatic heterocycles. The van der Waals surface area contributed by atoms with Crippen LogP contribution in [-0.4, -0.2) is 53.2 Å². The van der Waals surface area contributed by atoms with E-state index < -0.39 is 0 Å². The number of carbonyl (C=O) groups is 2. The normalized spacial score (nSPS) is 20.9. The van der Waals surface area contributed by atoms with Crippen LogP contribution in [0.5, 0.6) is 0 Å². The van der Waals surface area contributed by atoms with Crippen molar-refractivity contribution >= 4 is 23.4 Å². The largest absolute Gasteiger partial charge is 0.342 e. The molecule has 0 unspecified atom stereocenters. The number of halogens is 1. The first kappa shape index (κ1) is 13.7. The summed E-state index contributed by atoms with van der Waals surface area (Å²) in [5, 5.41) is 0. The summed E-state index contributed by atoms with van der Waals surface area (Å²) in [6, 6.07) is 0.491. The third-order valence-corrected chi connectivity index (χ3v) is 4.16. The van der Waals surface area contributed by atoms with E-state index in [1.807, 2.05) is 9.80 Å². The highest BCUT2D eigenvalue weighted by molar-refractivity contribution is 6.27. The van der Waals surface area contributed by atoms with Gasteiger partial charge in [-0.3, -0.25) is 9.59 Å². The van der Waals surface area contributed by atoms with E-state index in [4.69, 9.17) is 11.6 Å². The van der Waals surface area contributed by atoms with Gasteiger partial charge >= 0.3 is 0 Å². The summed E-state index contributed by atoms with van der Waals surface area (Å²) >= 11 is 5.55. The third-order valence-electron chi connectivity index (χ3n) is 3.93. The maximum Gasteiger partial charge on any atom is 0.237 e. The second-order valence-corrected chi connectivity index (χ2v) is 5.63. The Bertz CT molecular complexity index is 323. The Morgan fingerprint density at radius 3 is 2.28 bits per heavy atom. The smallest absolute Gasteiger partial charge is 0.237 e. The first-order valence-electron chi connectivity index (χ1n) is 6.72. The highest BCUT2D eigenvalue weighted by atomic mass is 35.5. The molecule has 2 aliphatic rings. The van der Waals surface area contributed by atoms with Crippen molar-refractivity contribution in [3.05, 3.63) is 0 Å². The summed E-state index contributed by atoms with van der Waals surface area (Å²) in [4.78, 5) is 26.9. The molecule has 2 fully saturated rings. The molecule has 0 N–H and O–H groups in total. The fourth-order valence-corrected chi connectivity index (χ4v) is 2.82. The standard InChI is InChI=1S/C13H21ClN2O2/c1-10(17)16(12-2-3-12)9-11-4-6-15(7-5-11)13(18)8-14/h11-12H,2-9H2,1H3. The number of alkyl halides is 1. The molecule has 0 spiro atoms. The van der Waals surface area contributed by atoms with Gasteiger partial charge < -0.3 is 9.80 Å². The maximum atomic E-state index is 11.6. The van der Waals surface area contributed by atoms with E-state index in [0.29, 0.717) is 12.0 Å². The number of piperidine rings is 1. The van der Waals surface area contributed by atoms with E-state index in [0.717, 1.165) is 45.3 Å². The fraction of sp³-hybridized carbons (Fsp3) is 0.846. The average Bonchev–Trinajstić information content (AvgIpc) is 3.19. The van der Waals surface area contributed by atoms with Crippen molar-refractivity contribution in [2.75, 3.05) is 25.5 Å². The second-order valence-electron chi connectivity index (χ2n) is 5.36. The first-order chi connectivity index (χ1) is 8.61. The summed E-state index contributed by atoms with van der Waals surface area (Å²) in [5.41, 5.74) is 0. The lowest BCUT2D eigenvalue weighted by atomic mass is 9.96. The zero-order valence-corrected chi connectivity index (χ0v) is 11.7. The summed E-state index contributed by atoms with van der Waals surface area (Å²) < 4.78 is 0. The van der Waals surface area contributed by atoms with E-state index in [-0.39, 0.29) is 17.7 Å². The SMILES string of the molecule is CC(=O)N(CC1CCN(C(=O)CCl)CC1)C1CC1. The summed E-state index contributed by atoms with van der Waals surface area (Å²) in [6.45, 7) is 4.09. The Morgan fingerprint density at radius 1 is 1.22 bits per heavy atom. The number of likely N-dealkylation sites (tertiary alicyclic amines) is 1. The van der Waals surface area contributed by atoms with Gasteiger partial charge in [-0.25, -0.2) is 0 Å². The van der Waals surface area contributed by atoms with Gasteiger partial charge in [0, 0.05) is 32.6 Å². The molecule has 5 heteroatoms. The predicted molar refractivity (Wildman–Crippen MR) is 70.4 cm³/mol. The second kappa shape index (κ2) is 5.91. The predicted octanol–water partition coefficient (Wildman–Crippen LogP) is 1.47. The molecule has 1 aliphatic carbocycles. The monoisotopic (exact) mass is 272 g/mol. The van der Waals surface area contributed by atoms with Gasteiger partial charge in [0.1, 0.15) is 5.88 Å². The molecule has 1 saturated heterocycles. The fourth-order valence-electron chi connectivity index (χ4n) is 2.65. The quantitative estimate of drug-likeness (QED) is 0.728. The Labute approximate surface area is 113 Å². The van der Waals surface area contributed by atoms with Crippen LogP contribution in [-0.2, 0) is 9.59 Å². The van der Waals surface area contributed by atoms with E-state index in [2.05, 4.69) is 0 Å². The summed E-state index contributed by atoms with van der Waals surface area (Å²) in [7, 11) is 0. The van der Waals surface area contributed by atoms with Gasteiger partial charge in [-0.05, 0) is 31.6 Å². The van der Waals surface area contributed by atoms with E-state index in [1.54, 1.807) is 6.92 Å². The van der Waals surface area contributed by atoms with Crippen molar-refractivity contribution in [3.63, 3.8) is 0 Å². The van der Waals surface area contributed by atoms with Crippen LogP contribution >= 0.6 is 11.6 Å². The molecular formula is C13H21ClN2O2. The molecule has 102 valence electrons. The number of hydrogen-bond acceptors (Lipinski definition) is 2. The van der Waals surface area contributed by atoms with Crippen molar-refractivity contribution in [1.82, 2.24) is 9.80 Å². The van der Waals surface area contributed by atoms with Crippen molar-refractivity contribution < 1.29 is 9.59 Å². The van der Waals surface area contributed by atoms with Crippen molar-refractivity contribution in [3.8, 4) is 0 Å². The van der Waals surface area contributed by atoms with Crippen molar-refractivity contribution in [2.24, 2.45) is 5.92 Å². The number of rotatable bonds is 4. The lowest BCUT2D eigenvalue weighted by Crippen LogP contribution is -2.43. The number of carbonyl (C=O) groups excluding carboxylic acids is 2. The molecule has 4 nitrogen and oxygen atoms in total. The maximum absolute atomic E-state index is 11.6. The van der Waals surface area contributed by atoms with Crippen LogP contribution in [0.25, 0.3) is 0 Å². The minimum atomic E-state index is 0.0285. The van der Waals surface area contributed by atoms with Crippen molar-refractivity contribution in [1.29, 1.82) is 0 Å². The number of hydrogen-bond donors (Lipinski definition) is 0. The Morgan fingerprint density at radius 2 is 1.83 bits per heavy atom. The number of nitrogens with zero attached hydrogens (tertiary/aromatic N) is 2. The van der Waals surface area contributed by atoms with Crippen LogP contribution < -0.4 is 0 Å². The average molecular weight is 273 g/mol. The van der Waals surface area contributed by atoms with Gasteiger partial charge in [0.25, 0.3) is 0 Å². The van der Waals surface area contributed by atoms with Crippen LogP contribution in [0.15, 0.2) is 0 Å². The van der Waals surface area contributed by atoms with Crippen LogP contribution in [0.2, 0.25) is 0 Å². The molecule has 2 amide bonds. The van der Waals surface area contributed by atoms with Crippen LogP contribution in [0.3, 0.4) is 0 Å². The molecule has 1 aliphatic heterocycles. The molecule has 0 bridgehead atoms. The zero-order valence-electron chi connectivity index (χ0n) is 10.9. The lowest BCUT2D eigenvalue weighted by Gasteiger charge is -2.34. The molecule has 1 heterocycles. The molecule has 1 saturated carbocycles. The summed E-state index contributed by atoms with van der Waals surface area (Å²) in [5.74, 6) is 0.832. The van der Waals surface area contributed by atoms with Crippen LogP contribution in [0.1, 0.15) is 32.6 Å². The molecule has 0 aromatic rings. The van der Waals surface area contributed by atoms with E-state index in [9.17, 15) is 9.59 Å². The minimum absolute atomic E-state index is 0.0285. The van der Waals surface area contributed by atoms with Crippen LogP contribution in [0.4, 0.5) is 0 Å². The molecule has 2 rings (SSSR count). The Kier molecular flexibility index (Phi) is 4.49. The van der Waals surface area contributed by atoms with Crippen LogP contribution in [0, 0.1) is 5.92 Å². The first-order valence-corrected chi connectivity index (χ1v) is 7.26. The third kappa shape index (κ3) is 3.37. The summed E-state index contributed by atoms with van der Waals surface area (Å²) in [6.07, 6.45) is 4.28. The molecule has 0 radical (unpaired) electrons. The number of amides is 2. The van der Waals surface area contributed by atoms with Crippen molar-refractivity contribution in [2.45, 2.75) is 38.6 Å². The molecule has 0 atom stereocenters. The van der Waals surface area contributed by atoms with Gasteiger partial charge in [-0.1, -0.05) is 0 Å². The Balaban J connectivity index is 1.79. The lowest BCUT2D eigenvalue weighted by molar-refractivity contribution is -0.132. The van der Waals surface area contributed by atoms with Gasteiger partial charge in [-0.2, -0.15) is 0 Å². The van der Waals surface area contributed by atoms with Gasteiger partial charge in [0.2, 0.25) is 11.8 Å². The molecule has 18 heavy (non-hydrogen) atoms. The molecule has 0 aromatic carbocycles. The topological polar surface area (TPSA) is 40.6 Å². The molecular weight excluding hydrogens is 252 g/mol. The van der Waals surface area contributed by atoms with Gasteiger partial charge in [-0.15, -0.1) is 11.6 Å². The highest BCUT2D eigenvalue weighted by Crippen LogP contribution is 2.29. The van der Waals surface area contributed by atoms with Gasteiger partial charge in [0.05, 0.1) is 0 Å². The van der Waals surface area contributed by atoms with Gasteiger partial charge in [0.15, 0.2) is 0 Å². The minimum Gasteiger partial charge on any atom is -0.342 e. The van der Waals surface area contributed by atoms with E-state index >= 15 is 0 Å². The van der Waals surface area contributed by atoms with E-state index in [1.165, 1.54) is 0 Å². The zero-order chi connectivity index (χ0) is 13.1. The highest BCUT2D eigenvalue weighted by Gasteiger charge is 2.33. The Hall–Kier alpha value is -0.770.